The number of ether oxygens (including phenoxy) is 1. The standard InChI is InChI=1S/C14H17FO6/c1-2-21-14(20)13(19)12(18)9-4-3-8(10(15)7-9)5-6-11(16)17/h3-4,7,12-13,18-19H,2,5-6H2,1H3,(H,16,17). The van der Waals surface area contributed by atoms with E-state index in [0.29, 0.717) is 0 Å². The van der Waals surface area contributed by atoms with E-state index in [1.165, 1.54) is 12.1 Å². The summed E-state index contributed by atoms with van der Waals surface area (Å²) in [4.78, 5) is 21.7. The van der Waals surface area contributed by atoms with Crippen molar-refractivity contribution in [1.29, 1.82) is 0 Å². The Kier molecular flexibility index (Phi) is 6.26. The van der Waals surface area contributed by atoms with Crippen LogP contribution in [-0.2, 0) is 20.7 Å². The van der Waals surface area contributed by atoms with Gasteiger partial charge in [-0.3, -0.25) is 4.79 Å². The molecule has 116 valence electrons. The first-order valence-electron chi connectivity index (χ1n) is 6.39. The number of aliphatic hydroxyl groups excluding tert-OH is 2. The summed E-state index contributed by atoms with van der Waals surface area (Å²) in [7, 11) is 0. The third-order valence-corrected chi connectivity index (χ3v) is 2.85. The molecule has 2 atom stereocenters. The van der Waals surface area contributed by atoms with Gasteiger partial charge in [0.2, 0.25) is 0 Å². The normalized spacial score (nSPS) is 13.5. The average Bonchev–Trinajstić information content (AvgIpc) is 2.44. The van der Waals surface area contributed by atoms with Crippen molar-refractivity contribution in [2.75, 3.05) is 6.61 Å². The quantitative estimate of drug-likeness (QED) is 0.643. The van der Waals surface area contributed by atoms with Crippen LogP contribution in [0.2, 0.25) is 0 Å². The van der Waals surface area contributed by atoms with Gasteiger partial charge >= 0.3 is 11.9 Å². The number of aliphatic carboxylic acids is 1. The number of hydrogen-bond donors (Lipinski definition) is 3. The number of aryl methyl sites for hydroxylation is 1. The van der Waals surface area contributed by atoms with Gasteiger partial charge in [0, 0.05) is 6.42 Å². The Morgan fingerprint density at radius 1 is 1.33 bits per heavy atom. The Labute approximate surface area is 120 Å². The molecule has 2 unspecified atom stereocenters. The summed E-state index contributed by atoms with van der Waals surface area (Å²) in [6.07, 6.45) is -3.64. The summed E-state index contributed by atoms with van der Waals surface area (Å²) >= 11 is 0. The van der Waals surface area contributed by atoms with Gasteiger partial charge in [-0.15, -0.1) is 0 Å². The number of benzene rings is 1. The fourth-order valence-electron chi connectivity index (χ4n) is 1.73. The molecule has 1 aromatic rings. The van der Waals surface area contributed by atoms with Crippen LogP contribution < -0.4 is 0 Å². The van der Waals surface area contributed by atoms with Gasteiger partial charge in [0.15, 0.2) is 6.10 Å². The molecule has 6 nitrogen and oxygen atoms in total. The van der Waals surface area contributed by atoms with Crippen LogP contribution in [0.25, 0.3) is 0 Å². The molecule has 0 aliphatic rings. The van der Waals surface area contributed by atoms with Gasteiger partial charge in [0.25, 0.3) is 0 Å². The van der Waals surface area contributed by atoms with E-state index in [0.717, 1.165) is 6.07 Å². The molecule has 0 aliphatic heterocycles. The van der Waals surface area contributed by atoms with Crippen LogP contribution in [0.15, 0.2) is 18.2 Å². The van der Waals surface area contributed by atoms with Gasteiger partial charge in [-0.1, -0.05) is 12.1 Å². The van der Waals surface area contributed by atoms with E-state index in [2.05, 4.69) is 4.74 Å². The molecule has 0 aromatic heterocycles. The summed E-state index contributed by atoms with van der Waals surface area (Å²) in [6, 6.07) is 3.60. The van der Waals surface area contributed by atoms with Crippen LogP contribution in [-0.4, -0.2) is 40.0 Å². The largest absolute Gasteiger partial charge is 0.481 e. The molecule has 0 spiro atoms. The number of aliphatic hydroxyl groups is 2. The summed E-state index contributed by atoms with van der Waals surface area (Å²) < 4.78 is 18.3. The molecule has 0 saturated carbocycles. The maximum atomic E-state index is 13.8. The minimum atomic E-state index is -1.81. The van der Waals surface area contributed by atoms with Crippen molar-refractivity contribution in [3.8, 4) is 0 Å². The molecular weight excluding hydrogens is 283 g/mol. The molecule has 21 heavy (non-hydrogen) atoms. The molecule has 0 saturated heterocycles. The Hall–Kier alpha value is -1.99. The van der Waals surface area contributed by atoms with Crippen LogP contribution >= 0.6 is 0 Å². The highest BCUT2D eigenvalue weighted by molar-refractivity contribution is 5.75. The third-order valence-electron chi connectivity index (χ3n) is 2.85. The van der Waals surface area contributed by atoms with Crippen molar-refractivity contribution in [1.82, 2.24) is 0 Å². The first-order valence-corrected chi connectivity index (χ1v) is 6.39. The van der Waals surface area contributed by atoms with Crippen molar-refractivity contribution in [3.63, 3.8) is 0 Å². The van der Waals surface area contributed by atoms with E-state index in [4.69, 9.17) is 5.11 Å². The highest BCUT2D eigenvalue weighted by atomic mass is 19.1. The highest BCUT2D eigenvalue weighted by Gasteiger charge is 2.27. The predicted molar refractivity (Wildman–Crippen MR) is 70.0 cm³/mol. The second-order valence-corrected chi connectivity index (χ2v) is 4.39. The smallest absolute Gasteiger partial charge is 0.338 e. The molecule has 0 heterocycles. The Morgan fingerprint density at radius 3 is 2.52 bits per heavy atom. The van der Waals surface area contributed by atoms with E-state index in [1.54, 1.807) is 6.92 Å². The van der Waals surface area contributed by atoms with E-state index in [1.807, 2.05) is 0 Å². The number of halogens is 1. The summed E-state index contributed by atoms with van der Waals surface area (Å²) in [5.74, 6) is -2.75. The third kappa shape index (κ3) is 4.80. The SMILES string of the molecule is CCOC(=O)C(O)C(O)c1ccc(CCC(=O)O)c(F)c1. The van der Waals surface area contributed by atoms with Crippen molar-refractivity contribution in [2.45, 2.75) is 32.0 Å². The molecule has 3 N–H and O–H groups in total. The van der Waals surface area contributed by atoms with Gasteiger partial charge in [0.1, 0.15) is 11.9 Å². The monoisotopic (exact) mass is 300 g/mol. The number of rotatable bonds is 7. The number of esters is 1. The first kappa shape index (κ1) is 17.1. The Bertz CT molecular complexity index is 516. The molecular formula is C14H17FO6. The zero-order valence-electron chi connectivity index (χ0n) is 11.5. The molecule has 0 bridgehead atoms. The van der Waals surface area contributed by atoms with Gasteiger partial charge in [-0.05, 0) is 30.5 Å². The van der Waals surface area contributed by atoms with Crippen molar-refractivity contribution in [2.24, 2.45) is 0 Å². The maximum absolute atomic E-state index is 13.8. The molecule has 0 fully saturated rings. The second-order valence-electron chi connectivity index (χ2n) is 4.39. The predicted octanol–water partition coefficient (Wildman–Crippen LogP) is 0.800. The average molecular weight is 300 g/mol. The molecule has 0 amide bonds. The van der Waals surface area contributed by atoms with Crippen LogP contribution in [0.3, 0.4) is 0 Å². The molecule has 7 heteroatoms. The lowest BCUT2D eigenvalue weighted by Crippen LogP contribution is -2.30. The summed E-state index contributed by atoms with van der Waals surface area (Å²) in [5, 5.41) is 27.9. The van der Waals surface area contributed by atoms with Crippen LogP contribution in [0.1, 0.15) is 30.6 Å². The number of carbonyl (C=O) groups is 2. The number of carboxylic acid groups (broad SMARTS) is 1. The zero-order chi connectivity index (χ0) is 16.0. The minimum Gasteiger partial charge on any atom is -0.481 e. The molecule has 0 radical (unpaired) electrons. The van der Waals surface area contributed by atoms with Crippen LogP contribution in [0.4, 0.5) is 4.39 Å². The van der Waals surface area contributed by atoms with Gasteiger partial charge in [-0.25, -0.2) is 9.18 Å². The van der Waals surface area contributed by atoms with Gasteiger partial charge in [-0.2, -0.15) is 0 Å². The minimum absolute atomic E-state index is 0.00660. The molecule has 0 aliphatic carbocycles. The fraction of sp³-hybridized carbons (Fsp3) is 0.429. The lowest BCUT2D eigenvalue weighted by atomic mass is 10.0. The zero-order valence-corrected chi connectivity index (χ0v) is 11.5. The summed E-state index contributed by atoms with van der Waals surface area (Å²) in [6.45, 7) is 1.60. The van der Waals surface area contributed by atoms with Crippen molar-refractivity contribution >= 4 is 11.9 Å². The van der Waals surface area contributed by atoms with E-state index in [9.17, 15) is 24.2 Å². The highest BCUT2D eigenvalue weighted by Crippen LogP contribution is 2.21. The summed E-state index contributed by atoms with van der Waals surface area (Å²) in [5.41, 5.74) is 0.186. The van der Waals surface area contributed by atoms with E-state index >= 15 is 0 Å². The first-order chi connectivity index (χ1) is 9.86. The Morgan fingerprint density at radius 2 is 2.00 bits per heavy atom. The van der Waals surface area contributed by atoms with E-state index in [-0.39, 0.29) is 30.6 Å². The number of hydrogen-bond acceptors (Lipinski definition) is 5. The lowest BCUT2D eigenvalue weighted by molar-refractivity contribution is -0.159. The van der Waals surface area contributed by atoms with Crippen molar-refractivity contribution < 1.29 is 34.0 Å². The Balaban J connectivity index is 2.82. The lowest BCUT2D eigenvalue weighted by Gasteiger charge is -2.17. The van der Waals surface area contributed by atoms with E-state index < -0.39 is 30.0 Å². The maximum Gasteiger partial charge on any atom is 0.338 e. The molecule has 1 rings (SSSR count). The number of carbonyl (C=O) groups excluding carboxylic acids is 1. The van der Waals surface area contributed by atoms with Gasteiger partial charge < -0.3 is 20.1 Å². The van der Waals surface area contributed by atoms with Gasteiger partial charge in [0.05, 0.1) is 6.61 Å². The van der Waals surface area contributed by atoms with Crippen LogP contribution in [0.5, 0.6) is 0 Å². The number of carboxylic acids is 1. The topological polar surface area (TPSA) is 104 Å². The fourth-order valence-corrected chi connectivity index (χ4v) is 1.73. The molecule has 1 aromatic carbocycles. The van der Waals surface area contributed by atoms with Crippen molar-refractivity contribution in [3.05, 3.63) is 35.1 Å². The second kappa shape index (κ2) is 7.70. The van der Waals surface area contributed by atoms with Crippen LogP contribution in [0, 0.1) is 5.82 Å².